The van der Waals surface area contributed by atoms with Crippen LogP contribution in [0.3, 0.4) is 0 Å². The van der Waals surface area contributed by atoms with Crippen LogP contribution in [0.1, 0.15) is 84.5 Å². The van der Waals surface area contributed by atoms with Gasteiger partial charge in [-0.05, 0) is 32.1 Å². The van der Waals surface area contributed by atoms with Gasteiger partial charge in [-0.25, -0.2) is 0 Å². The van der Waals surface area contributed by atoms with Crippen LogP contribution in [0.25, 0.3) is 0 Å². The van der Waals surface area contributed by atoms with Crippen LogP contribution in [0, 0.1) is 5.92 Å². The molecule has 0 heterocycles. The van der Waals surface area contributed by atoms with Crippen LogP contribution >= 0.6 is 0 Å². The Morgan fingerprint density at radius 3 is 2.17 bits per heavy atom. The maximum Gasteiger partial charge on any atom is 0.133 e. The Labute approximate surface area is 113 Å². The van der Waals surface area contributed by atoms with Gasteiger partial charge in [-0.1, -0.05) is 57.1 Å². The first-order chi connectivity index (χ1) is 8.70. The van der Waals surface area contributed by atoms with Gasteiger partial charge in [0.1, 0.15) is 5.78 Å². The summed E-state index contributed by atoms with van der Waals surface area (Å²) >= 11 is 0. The van der Waals surface area contributed by atoms with Crippen molar-refractivity contribution in [1.82, 2.24) is 0 Å². The Morgan fingerprint density at radius 1 is 0.944 bits per heavy atom. The van der Waals surface area contributed by atoms with Crippen molar-refractivity contribution in [3.05, 3.63) is 11.6 Å². The van der Waals surface area contributed by atoms with Crippen molar-refractivity contribution in [2.75, 3.05) is 0 Å². The summed E-state index contributed by atoms with van der Waals surface area (Å²) in [5.74, 6) is 0.910. The number of carbonyl (C=O) groups is 1. The first-order valence-electron chi connectivity index (χ1n) is 7.88. The van der Waals surface area contributed by atoms with Gasteiger partial charge in [-0.2, -0.15) is 0 Å². The number of carbonyl (C=O) groups excluding carboxylic acids is 1. The number of hydrogen-bond donors (Lipinski definition) is 0. The topological polar surface area (TPSA) is 17.1 Å². The van der Waals surface area contributed by atoms with Crippen molar-refractivity contribution in [1.29, 1.82) is 0 Å². The lowest BCUT2D eigenvalue weighted by molar-refractivity contribution is -0.119. The van der Waals surface area contributed by atoms with E-state index in [1.54, 1.807) is 0 Å². The third kappa shape index (κ3) is 6.98. The van der Waals surface area contributed by atoms with Crippen LogP contribution in [-0.4, -0.2) is 5.78 Å². The van der Waals surface area contributed by atoms with E-state index in [9.17, 15) is 4.79 Å². The molecule has 0 saturated carbocycles. The molecule has 1 unspecified atom stereocenters. The highest BCUT2D eigenvalue weighted by molar-refractivity contribution is 5.78. The molecule has 0 aromatic heterocycles. The number of Topliss-reactive ketones (excluding diaryl/α,β-unsaturated/α-hetero) is 1. The summed E-state index contributed by atoms with van der Waals surface area (Å²) in [4.78, 5) is 11.8. The highest BCUT2D eigenvalue weighted by Gasteiger charge is 2.10. The van der Waals surface area contributed by atoms with Gasteiger partial charge >= 0.3 is 0 Å². The normalized spacial score (nSPS) is 28.9. The number of allylic oxidation sites excluding steroid dienone is 2. The molecular formula is C17H30O. The second-order valence-electron chi connectivity index (χ2n) is 5.96. The minimum Gasteiger partial charge on any atom is -0.300 e. The molecule has 1 rings (SSSR count). The van der Waals surface area contributed by atoms with E-state index in [0.717, 1.165) is 19.3 Å². The Kier molecular flexibility index (Phi) is 8.04. The van der Waals surface area contributed by atoms with Crippen LogP contribution in [0.4, 0.5) is 0 Å². The average Bonchev–Trinajstić information content (AvgIpc) is 2.34. The van der Waals surface area contributed by atoms with Crippen molar-refractivity contribution in [3.63, 3.8) is 0 Å². The molecule has 0 aromatic carbocycles. The van der Waals surface area contributed by atoms with Gasteiger partial charge in [0, 0.05) is 12.8 Å². The summed E-state index contributed by atoms with van der Waals surface area (Å²) in [5, 5.41) is 0. The molecule has 0 radical (unpaired) electrons. The van der Waals surface area contributed by atoms with E-state index in [1.165, 1.54) is 56.9 Å². The lowest BCUT2D eigenvalue weighted by Crippen LogP contribution is -2.06. The predicted molar refractivity (Wildman–Crippen MR) is 78.7 cm³/mol. The molecule has 1 nitrogen and oxygen atoms in total. The Balaban J connectivity index is 2.43. The lowest BCUT2D eigenvalue weighted by atomic mass is 9.94. The van der Waals surface area contributed by atoms with Crippen molar-refractivity contribution >= 4 is 5.78 Å². The van der Waals surface area contributed by atoms with Crippen LogP contribution in [0.15, 0.2) is 11.6 Å². The second-order valence-corrected chi connectivity index (χ2v) is 5.96. The minimum absolute atomic E-state index is 0.447. The molecule has 0 N–H and O–H groups in total. The fourth-order valence-electron chi connectivity index (χ4n) is 2.66. The van der Waals surface area contributed by atoms with Crippen LogP contribution in [-0.2, 0) is 4.79 Å². The fourth-order valence-corrected chi connectivity index (χ4v) is 2.66. The molecule has 0 amide bonds. The van der Waals surface area contributed by atoms with E-state index >= 15 is 0 Å². The van der Waals surface area contributed by atoms with E-state index < -0.39 is 0 Å². The summed E-state index contributed by atoms with van der Waals surface area (Å²) in [6.45, 7) is 4.39. The standard InChI is InChI=1S/C17H30O/c1-15-12-10-8-6-4-3-5-7-9-11-13-17(18)14-16(15)2/h12,16H,3-11,13-14H2,1-2H3/b15-12+. The Bertz CT molecular complexity index is 265. The minimum atomic E-state index is 0.447. The van der Waals surface area contributed by atoms with Crippen molar-refractivity contribution in [2.45, 2.75) is 84.5 Å². The molecule has 18 heavy (non-hydrogen) atoms. The van der Waals surface area contributed by atoms with E-state index in [0.29, 0.717) is 11.7 Å². The van der Waals surface area contributed by atoms with Gasteiger partial charge < -0.3 is 0 Å². The van der Waals surface area contributed by atoms with E-state index in [4.69, 9.17) is 0 Å². The van der Waals surface area contributed by atoms with Gasteiger partial charge in [0.2, 0.25) is 0 Å². The van der Waals surface area contributed by atoms with Crippen molar-refractivity contribution in [3.8, 4) is 0 Å². The molecule has 0 bridgehead atoms. The molecule has 1 atom stereocenters. The van der Waals surface area contributed by atoms with Crippen molar-refractivity contribution in [2.24, 2.45) is 5.92 Å². The summed E-state index contributed by atoms with van der Waals surface area (Å²) in [6.07, 6.45) is 15.6. The summed E-state index contributed by atoms with van der Waals surface area (Å²) < 4.78 is 0. The highest BCUT2D eigenvalue weighted by Crippen LogP contribution is 2.19. The maximum atomic E-state index is 11.8. The van der Waals surface area contributed by atoms with Crippen LogP contribution in [0.2, 0.25) is 0 Å². The summed E-state index contributed by atoms with van der Waals surface area (Å²) in [6, 6.07) is 0. The molecule has 104 valence electrons. The van der Waals surface area contributed by atoms with E-state index in [-0.39, 0.29) is 0 Å². The third-order valence-electron chi connectivity index (χ3n) is 4.19. The highest BCUT2D eigenvalue weighted by atomic mass is 16.1. The number of hydrogen-bond acceptors (Lipinski definition) is 1. The zero-order valence-corrected chi connectivity index (χ0v) is 12.3. The van der Waals surface area contributed by atoms with Crippen LogP contribution in [0.5, 0.6) is 0 Å². The fraction of sp³-hybridized carbons (Fsp3) is 0.824. The summed E-state index contributed by atoms with van der Waals surface area (Å²) in [7, 11) is 0. The lowest BCUT2D eigenvalue weighted by Gasteiger charge is -2.11. The molecule has 0 saturated heterocycles. The smallest absolute Gasteiger partial charge is 0.133 e. The number of ketones is 1. The molecule has 1 heteroatoms. The van der Waals surface area contributed by atoms with Gasteiger partial charge in [-0.15, -0.1) is 0 Å². The molecule has 0 aliphatic heterocycles. The molecule has 0 spiro atoms. The van der Waals surface area contributed by atoms with Gasteiger partial charge in [0.05, 0.1) is 0 Å². The zero-order chi connectivity index (χ0) is 13.2. The molecular weight excluding hydrogens is 220 g/mol. The third-order valence-corrected chi connectivity index (χ3v) is 4.19. The molecule has 1 aliphatic rings. The SMILES string of the molecule is C/C1=C\CCCCCCCCCCC(=O)CC1C. The largest absolute Gasteiger partial charge is 0.300 e. The first-order valence-corrected chi connectivity index (χ1v) is 7.88. The number of rotatable bonds is 0. The monoisotopic (exact) mass is 250 g/mol. The molecule has 1 aliphatic carbocycles. The second kappa shape index (κ2) is 9.35. The molecule has 0 aromatic rings. The van der Waals surface area contributed by atoms with Crippen molar-refractivity contribution < 1.29 is 4.79 Å². The predicted octanol–water partition coefficient (Wildman–Crippen LogP) is 5.44. The Morgan fingerprint density at radius 2 is 1.50 bits per heavy atom. The van der Waals surface area contributed by atoms with E-state index in [1.807, 2.05) is 0 Å². The zero-order valence-electron chi connectivity index (χ0n) is 12.3. The first kappa shape index (κ1) is 15.5. The van der Waals surface area contributed by atoms with Gasteiger partial charge in [-0.3, -0.25) is 4.79 Å². The van der Waals surface area contributed by atoms with Crippen LogP contribution < -0.4 is 0 Å². The van der Waals surface area contributed by atoms with E-state index in [2.05, 4.69) is 19.9 Å². The summed E-state index contributed by atoms with van der Waals surface area (Å²) in [5.41, 5.74) is 1.42. The van der Waals surface area contributed by atoms with Gasteiger partial charge in [0.25, 0.3) is 0 Å². The molecule has 0 fully saturated rings. The maximum absolute atomic E-state index is 11.8. The van der Waals surface area contributed by atoms with Gasteiger partial charge in [0.15, 0.2) is 0 Å². The Hall–Kier alpha value is -0.590. The average molecular weight is 250 g/mol. The quantitative estimate of drug-likeness (QED) is 0.523.